The average Bonchev–Trinajstić information content (AvgIpc) is 2.99. The Labute approximate surface area is 144 Å². The van der Waals surface area contributed by atoms with E-state index in [0.717, 1.165) is 16.3 Å². The van der Waals surface area contributed by atoms with Crippen molar-refractivity contribution in [3.8, 4) is 5.75 Å². The summed E-state index contributed by atoms with van der Waals surface area (Å²) < 4.78 is 5.67. The normalized spacial score (nSPS) is 10.4. The zero-order chi connectivity index (χ0) is 16.9. The van der Waals surface area contributed by atoms with Gasteiger partial charge in [0.25, 0.3) is 5.91 Å². The molecule has 3 aromatic rings. The van der Waals surface area contributed by atoms with Gasteiger partial charge in [-0.1, -0.05) is 0 Å². The summed E-state index contributed by atoms with van der Waals surface area (Å²) in [6, 6.07) is 10.7. The molecule has 3 rings (SSSR count). The van der Waals surface area contributed by atoms with E-state index in [9.17, 15) is 4.79 Å². The Hall–Kier alpha value is -2.73. The van der Waals surface area contributed by atoms with E-state index in [1.54, 1.807) is 41.8 Å². The first-order valence-electron chi connectivity index (χ1n) is 7.48. The maximum absolute atomic E-state index is 12.2. The van der Waals surface area contributed by atoms with Gasteiger partial charge in [0, 0.05) is 17.1 Å². The standard InChI is InChI=1S/C18H17N3O2S/c1-12-7-8-19-17(9-12)21-18(22)14-3-5-16(6-4-14)23-10-15-11-24-13(2)20-15/h3-9,11H,10H2,1-2H3,(H,19,21,22). The van der Waals surface area contributed by atoms with Crippen LogP contribution in [-0.2, 0) is 6.61 Å². The van der Waals surface area contributed by atoms with E-state index in [4.69, 9.17) is 4.74 Å². The molecule has 0 saturated carbocycles. The molecule has 24 heavy (non-hydrogen) atoms. The Morgan fingerprint density at radius 2 is 2.00 bits per heavy atom. The van der Waals surface area contributed by atoms with Crippen molar-refractivity contribution in [3.63, 3.8) is 0 Å². The molecule has 0 saturated heterocycles. The lowest BCUT2D eigenvalue weighted by molar-refractivity contribution is 0.102. The van der Waals surface area contributed by atoms with Gasteiger partial charge in [0.1, 0.15) is 18.2 Å². The molecule has 0 aliphatic rings. The summed E-state index contributed by atoms with van der Waals surface area (Å²) in [4.78, 5) is 20.7. The molecule has 0 fully saturated rings. The van der Waals surface area contributed by atoms with Crippen molar-refractivity contribution in [1.82, 2.24) is 9.97 Å². The molecule has 5 nitrogen and oxygen atoms in total. The molecule has 0 aliphatic heterocycles. The highest BCUT2D eigenvalue weighted by Gasteiger charge is 2.07. The topological polar surface area (TPSA) is 64.1 Å². The zero-order valence-corrected chi connectivity index (χ0v) is 14.3. The number of rotatable bonds is 5. The first-order chi connectivity index (χ1) is 11.6. The summed E-state index contributed by atoms with van der Waals surface area (Å²) in [5.41, 5.74) is 2.50. The van der Waals surface area contributed by atoms with Crippen LogP contribution in [0.2, 0.25) is 0 Å². The van der Waals surface area contributed by atoms with Crippen LogP contribution >= 0.6 is 11.3 Å². The summed E-state index contributed by atoms with van der Waals surface area (Å²) in [5, 5.41) is 5.78. The molecule has 6 heteroatoms. The first-order valence-corrected chi connectivity index (χ1v) is 8.36. The number of carbonyl (C=O) groups excluding carboxylic acids is 1. The van der Waals surface area contributed by atoms with Gasteiger partial charge in [-0.15, -0.1) is 11.3 Å². The highest BCUT2D eigenvalue weighted by Crippen LogP contribution is 2.16. The summed E-state index contributed by atoms with van der Waals surface area (Å²) in [7, 11) is 0. The second-order valence-corrected chi connectivity index (χ2v) is 6.41. The van der Waals surface area contributed by atoms with Gasteiger partial charge in [-0.25, -0.2) is 9.97 Å². The summed E-state index contributed by atoms with van der Waals surface area (Å²) in [5.74, 6) is 1.04. The number of amides is 1. The predicted octanol–water partition coefficient (Wildman–Crippen LogP) is 3.99. The van der Waals surface area contributed by atoms with Gasteiger partial charge in [0.2, 0.25) is 0 Å². The minimum atomic E-state index is -0.199. The molecular weight excluding hydrogens is 322 g/mol. The van der Waals surface area contributed by atoms with E-state index in [1.807, 2.05) is 31.4 Å². The Balaban J connectivity index is 1.60. The number of pyridine rings is 1. The molecule has 0 atom stereocenters. The van der Waals surface area contributed by atoms with Crippen LogP contribution in [0.25, 0.3) is 0 Å². The van der Waals surface area contributed by atoms with E-state index in [2.05, 4.69) is 15.3 Å². The number of aromatic nitrogens is 2. The zero-order valence-electron chi connectivity index (χ0n) is 13.4. The van der Waals surface area contributed by atoms with Gasteiger partial charge >= 0.3 is 0 Å². The molecule has 0 bridgehead atoms. The van der Waals surface area contributed by atoms with Crippen molar-refractivity contribution in [2.24, 2.45) is 0 Å². The number of carbonyl (C=O) groups is 1. The predicted molar refractivity (Wildman–Crippen MR) is 94.6 cm³/mol. The monoisotopic (exact) mass is 339 g/mol. The number of aryl methyl sites for hydroxylation is 2. The minimum Gasteiger partial charge on any atom is -0.487 e. The van der Waals surface area contributed by atoms with Gasteiger partial charge in [-0.3, -0.25) is 4.79 Å². The van der Waals surface area contributed by atoms with E-state index in [0.29, 0.717) is 23.7 Å². The number of hydrogen-bond acceptors (Lipinski definition) is 5. The second kappa shape index (κ2) is 7.23. The third-order valence-electron chi connectivity index (χ3n) is 3.33. The van der Waals surface area contributed by atoms with Crippen LogP contribution in [0.1, 0.15) is 26.6 Å². The Morgan fingerprint density at radius 1 is 1.21 bits per heavy atom. The average molecular weight is 339 g/mol. The first kappa shape index (κ1) is 16.1. The van der Waals surface area contributed by atoms with E-state index < -0.39 is 0 Å². The fourth-order valence-electron chi connectivity index (χ4n) is 2.13. The van der Waals surface area contributed by atoms with Gasteiger partial charge in [-0.05, 0) is 55.8 Å². The highest BCUT2D eigenvalue weighted by molar-refractivity contribution is 7.09. The van der Waals surface area contributed by atoms with Crippen molar-refractivity contribution in [3.05, 3.63) is 69.8 Å². The van der Waals surface area contributed by atoms with Crippen LogP contribution in [0.15, 0.2) is 48.0 Å². The van der Waals surface area contributed by atoms with E-state index in [1.165, 1.54) is 0 Å². The van der Waals surface area contributed by atoms with Crippen LogP contribution in [-0.4, -0.2) is 15.9 Å². The van der Waals surface area contributed by atoms with Crippen molar-refractivity contribution >= 4 is 23.1 Å². The molecule has 0 unspecified atom stereocenters. The smallest absolute Gasteiger partial charge is 0.256 e. The maximum Gasteiger partial charge on any atom is 0.256 e. The lowest BCUT2D eigenvalue weighted by Gasteiger charge is -2.07. The van der Waals surface area contributed by atoms with Crippen LogP contribution in [0.4, 0.5) is 5.82 Å². The van der Waals surface area contributed by atoms with Gasteiger partial charge in [-0.2, -0.15) is 0 Å². The number of ether oxygens (including phenoxy) is 1. The quantitative estimate of drug-likeness (QED) is 0.763. The summed E-state index contributed by atoms with van der Waals surface area (Å²) in [6.07, 6.45) is 1.67. The molecule has 1 aromatic carbocycles. The molecule has 2 aromatic heterocycles. The lowest BCUT2D eigenvalue weighted by atomic mass is 10.2. The molecular formula is C18H17N3O2S. The summed E-state index contributed by atoms with van der Waals surface area (Å²) in [6.45, 7) is 4.33. The minimum absolute atomic E-state index is 0.199. The Morgan fingerprint density at radius 3 is 2.67 bits per heavy atom. The largest absolute Gasteiger partial charge is 0.487 e. The number of nitrogens with zero attached hydrogens (tertiary/aromatic N) is 2. The fourth-order valence-corrected chi connectivity index (χ4v) is 2.72. The molecule has 1 amide bonds. The van der Waals surface area contributed by atoms with Crippen LogP contribution in [0.3, 0.4) is 0 Å². The van der Waals surface area contributed by atoms with Crippen LogP contribution in [0, 0.1) is 13.8 Å². The number of thiazole rings is 1. The van der Waals surface area contributed by atoms with Crippen LogP contribution in [0.5, 0.6) is 5.75 Å². The van der Waals surface area contributed by atoms with Crippen molar-refractivity contribution in [1.29, 1.82) is 0 Å². The van der Waals surface area contributed by atoms with Gasteiger partial charge < -0.3 is 10.1 Å². The van der Waals surface area contributed by atoms with E-state index >= 15 is 0 Å². The van der Waals surface area contributed by atoms with Gasteiger partial charge in [0.05, 0.1) is 10.7 Å². The number of benzene rings is 1. The van der Waals surface area contributed by atoms with Crippen molar-refractivity contribution in [2.45, 2.75) is 20.5 Å². The third kappa shape index (κ3) is 4.17. The SMILES string of the molecule is Cc1ccnc(NC(=O)c2ccc(OCc3csc(C)n3)cc2)c1. The molecule has 122 valence electrons. The molecule has 1 N–H and O–H groups in total. The third-order valence-corrected chi connectivity index (χ3v) is 4.15. The molecule has 0 aliphatic carbocycles. The number of anilines is 1. The Bertz CT molecular complexity index is 843. The Kier molecular flexibility index (Phi) is 4.86. The lowest BCUT2D eigenvalue weighted by Crippen LogP contribution is -2.12. The number of hydrogen-bond donors (Lipinski definition) is 1. The van der Waals surface area contributed by atoms with Gasteiger partial charge in [0.15, 0.2) is 0 Å². The molecule has 0 radical (unpaired) electrons. The van der Waals surface area contributed by atoms with E-state index in [-0.39, 0.29) is 5.91 Å². The molecule has 0 spiro atoms. The van der Waals surface area contributed by atoms with Crippen molar-refractivity contribution in [2.75, 3.05) is 5.32 Å². The van der Waals surface area contributed by atoms with Crippen LogP contribution < -0.4 is 10.1 Å². The second-order valence-electron chi connectivity index (χ2n) is 5.34. The maximum atomic E-state index is 12.2. The fraction of sp³-hybridized carbons (Fsp3) is 0.167. The number of nitrogens with one attached hydrogen (secondary N) is 1. The highest BCUT2D eigenvalue weighted by atomic mass is 32.1. The molecule has 2 heterocycles. The summed E-state index contributed by atoms with van der Waals surface area (Å²) >= 11 is 1.60. The van der Waals surface area contributed by atoms with Crippen molar-refractivity contribution < 1.29 is 9.53 Å².